The summed E-state index contributed by atoms with van der Waals surface area (Å²) in [6, 6.07) is 24.9. The second kappa shape index (κ2) is 15.0. The summed E-state index contributed by atoms with van der Waals surface area (Å²) in [5, 5.41) is 42.8. The molecule has 4 aromatic carbocycles. The smallest absolute Gasteiger partial charge is 0.337 e. The fourth-order valence-electron chi connectivity index (χ4n) is 7.37. The Balaban J connectivity index is 1.13. The molecule has 59 heavy (non-hydrogen) atoms. The van der Waals surface area contributed by atoms with Crippen LogP contribution in [0.5, 0.6) is 5.75 Å². The van der Waals surface area contributed by atoms with E-state index in [1.807, 2.05) is 25.1 Å². The predicted octanol–water partition coefficient (Wildman–Crippen LogP) is 9.01. The highest BCUT2D eigenvalue weighted by atomic mass is 35.5. The van der Waals surface area contributed by atoms with Crippen molar-refractivity contribution in [2.24, 2.45) is 0 Å². The maximum atomic E-state index is 13.7. The second-order valence-electron chi connectivity index (χ2n) is 14.0. The number of aromatic carboxylic acids is 2. The summed E-state index contributed by atoms with van der Waals surface area (Å²) >= 11 is 13.7. The molecule has 0 aromatic heterocycles. The predicted molar refractivity (Wildman–Crippen MR) is 225 cm³/mol. The van der Waals surface area contributed by atoms with Crippen LogP contribution in [-0.2, 0) is 6.42 Å². The molecule has 12 nitrogen and oxygen atoms in total. The number of hydrogen-bond acceptors (Lipinski definition) is 9. The molecule has 14 heteroatoms. The lowest BCUT2D eigenvalue weighted by Crippen LogP contribution is -2.26. The van der Waals surface area contributed by atoms with E-state index in [1.54, 1.807) is 48.5 Å². The van der Waals surface area contributed by atoms with Gasteiger partial charge in [0.25, 0.3) is 5.91 Å². The number of nitrogens with zero attached hydrogens (tertiary/aromatic N) is 1. The molecule has 0 radical (unpaired) electrons. The zero-order valence-electron chi connectivity index (χ0n) is 31.1. The van der Waals surface area contributed by atoms with Gasteiger partial charge in [-0.05, 0) is 78.2 Å². The number of fused-ring (bicyclic) bond motifs is 4. The van der Waals surface area contributed by atoms with Crippen LogP contribution in [0.15, 0.2) is 111 Å². The maximum absolute atomic E-state index is 13.7. The Bertz CT molecular complexity index is 3130. The van der Waals surface area contributed by atoms with E-state index >= 15 is 0 Å². The van der Waals surface area contributed by atoms with E-state index in [9.17, 15) is 34.5 Å². The largest absolute Gasteiger partial charge is 0.508 e. The highest BCUT2D eigenvalue weighted by molar-refractivity contribution is 6.41. The Hall–Kier alpha value is -7.15. The Labute approximate surface area is 344 Å². The quantitative estimate of drug-likeness (QED) is 0.0877. The number of phenols is 1. The number of amides is 1. The normalized spacial score (nSPS) is 11.4. The van der Waals surface area contributed by atoms with E-state index in [-0.39, 0.29) is 67.6 Å². The van der Waals surface area contributed by atoms with Crippen LogP contribution >= 0.6 is 23.2 Å². The summed E-state index contributed by atoms with van der Waals surface area (Å²) < 4.78 is 12.1. The number of halogens is 2. The van der Waals surface area contributed by atoms with Crippen LogP contribution in [0.4, 0.5) is 5.69 Å². The number of rotatable bonds is 9. The number of aromatic hydroxyl groups is 1. The minimum absolute atomic E-state index is 0.0100. The molecule has 0 saturated carbocycles. The molecule has 1 amide bonds. The first-order valence-corrected chi connectivity index (χ1v) is 18.8. The van der Waals surface area contributed by atoms with E-state index in [0.29, 0.717) is 55.5 Å². The molecule has 0 bridgehead atoms. The van der Waals surface area contributed by atoms with Gasteiger partial charge in [-0.2, -0.15) is 0 Å². The van der Waals surface area contributed by atoms with Crippen molar-refractivity contribution in [2.75, 3.05) is 25.5 Å². The van der Waals surface area contributed by atoms with Crippen LogP contribution in [0.25, 0.3) is 66.8 Å². The average molecular weight is 829 g/mol. The molecule has 0 spiro atoms. The van der Waals surface area contributed by atoms with E-state index in [0.717, 1.165) is 5.69 Å². The molecule has 0 saturated heterocycles. The van der Waals surface area contributed by atoms with Crippen LogP contribution in [0.3, 0.4) is 0 Å². The van der Waals surface area contributed by atoms with Gasteiger partial charge in [0.05, 0.1) is 32.1 Å². The molecule has 2 aliphatic heterocycles. The third-order valence-electron chi connectivity index (χ3n) is 10.1. The minimum Gasteiger partial charge on any atom is -0.508 e. The molecule has 2 heterocycles. The summed E-state index contributed by atoms with van der Waals surface area (Å²) in [4.78, 5) is 53.4. The van der Waals surface area contributed by atoms with Crippen molar-refractivity contribution in [3.8, 4) is 50.7 Å². The lowest BCUT2D eigenvalue weighted by atomic mass is 9.89. The van der Waals surface area contributed by atoms with Gasteiger partial charge in [-0.25, -0.2) is 9.59 Å². The molecule has 0 atom stereocenters. The first kappa shape index (κ1) is 38.7. The molecule has 8 rings (SSSR count). The number of carboxylic acids is 2. The van der Waals surface area contributed by atoms with Crippen molar-refractivity contribution in [3.63, 3.8) is 0 Å². The third kappa shape index (κ3) is 6.98. The van der Waals surface area contributed by atoms with Crippen molar-refractivity contribution < 1.29 is 38.5 Å². The van der Waals surface area contributed by atoms with E-state index in [2.05, 4.69) is 5.32 Å². The maximum Gasteiger partial charge on any atom is 0.337 e. The number of carboxylic acid groups (broad SMARTS) is 2. The van der Waals surface area contributed by atoms with Gasteiger partial charge in [-0.3, -0.25) is 9.59 Å². The van der Waals surface area contributed by atoms with Crippen molar-refractivity contribution in [3.05, 3.63) is 145 Å². The number of nitrogens with one attached hydrogen (secondary N) is 2. The molecule has 294 valence electrons. The SMILES string of the molecule is CN(C)c1ccc2c(-c3c(Cl)cc(C(=O)NCCc4ccc(-c5c6ccc(=O)cc-6oc6cc(O)ccc56)c(C(=O)O)c4)c(Cl)c3C(=O)O)c3ccc(=N)cc-3oc2c1. The minimum atomic E-state index is -1.43. The van der Waals surface area contributed by atoms with Crippen molar-refractivity contribution in [1.82, 2.24) is 5.32 Å². The molecule has 0 unspecified atom stereocenters. The first-order chi connectivity index (χ1) is 28.2. The zero-order chi connectivity index (χ0) is 41.9. The molecule has 0 fully saturated rings. The summed E-state index contributed by atoms with van der Waals surface area (Å²) in [7, 11) is 3.73. The van der Waals surface area contributed by atoms with Crippen molar-refractivity contribution in [1.29, 1.82) is 5.41 Å². The standard InChI is InChI=1S/C45H31Cl2N3O9/c1-50(2)23-5-10-30-35(17-23)58-34-16-22(48)4-9-29(34)39(30)40-33(46)20-32(42(47)41(40)45(56)57)43(53)49-14-13-21-3-8-26(31(15-21)44(54)55)38-27-11-6-24(51)18-36(27)59-37-19-25(52)7-12-28(37)38/h3-12,15-20,48,51H,13-14H2,1-2H3,(H,49,53)(H,54,55)(H,56,57). The van der Waals surface area contributed by atoms with Crippen molar-refractivity contribution in [2.45, 2.75) is 6.42 Å². The highest BCUT2D eigenvalue weighted by Crippen LogP contribution is 2.47. The van der Waals surface area contributed by atoms with Gasteiger partial charge in [0.1, 0.15) is 28.4 Å². The van der Waals surface area contributed by atoms with Crippen LogP contribution in [0, 0.1) is 5.41 Å². The number of carbonyl (C=O) groups is 3. The fourth-order valence-corrected chi connectivity index (χ4v) is 7.98. The molecule has 2 aliphatic carbocycles. The number of anilines is 1. The summed E-state index contributed by atoms with van der Waals surface area (Å²) in [6.07, 6.45) is 0.180. The Morgan fingerprint density at radius 2 is 1.37 bits per heavy atom. The van der Waals surface area contributed by atoms with Gasteiger partial charge >= 0.3 is 11.9 Å². The lowest BCUT2D eigenvalue weighted by molar-refractivity contribution is 0.0686. The number of benzene rings is 6. The van der Waals surface area contributed by atoms with Gasteiger partial charge < -0.3 is 39.8 Å². The second-order valence-corrected chi connectivity index (χ2v) is 14.8. The van der Waals surface area contributed by atoms with Crippen LogP contribution < -0.4 is 21.0 Å². The van der Waals surface area contributed by atoms with Crippen molar-refractivity contribution >= 4 is 68.7 Å². The topological polar surface area (TPSA) is 194 Å². The van der Waals surface area contributed by atoms with Gasteiger partial charge in [0.15, 0.2) is 5.43 Å². The number of hydrogen-bond donors (Lipinski definition) is 5. The highest BCUT2D eigenvalue weighted by Gasteiger charge is 2.30. The van der Waals surface area contributed by atoms with Crippen LogP contribution in [0.1, 0.15) is 36.6 Å². The molecule has 5 N–H and O–H groups in total. The zero-order valence-corrected chi connectivity index (χ0v) is 32.7. The summed E-state index contributed by atoms with van der Waals surface area (Å²) in [5.74, 6) is -2.89. The van der Waals surface area contributed by atoms with Crippen LogP contribution in [0.2, 0.25) is 10.0 Å². The van der Waals surface area contributed by atoms with Gasteiger partial charge in [-0.1, -0.05) is 35.3 Å². The molecule has 4 aliphatic rings. The summed E-state index contributed by atoms with van der Waals surface area (Å²) in [6.45, 7) is 0.0100. The van der Waals surface area contributed by atoms with E-state index in [4.69, 9.17) is 37.4 Å². The van der Waals surface area contributed by atoms with Gasteiger partial charge in [0.2, 0.25) is 0 Å². The number of phenolic OH excluding ortho intramolecular Hbond substituents is 1. The Kier molecular flexibility index (Phi) is 9.83. The fraction of sp³-hybridized carbons (Fsp3) is 0.0889. The van der Waals surface area contributed by atoms with Crippen LogP contribution in [-0.4, -0.2) is 53.8 Å². The summed E-state index contributed by atoms with van der Waals surface area (Å²) in [5.41, 5.74) is 3.38. The molecule has 4 aromatic rings. The molecular weight excluding hydrogens is 797 g/mol. The van der Waals surface area contributed by atoms with Gasteiger partial charge in [0, 0.05) is 89.2 Å². The lowest BCUT2D eigenvalue weighted by Gasteiger charge is -2.21. The first-order valence-electron chi connectivity index (χ1n) is 18.0. The van der Waals surface area contributed by atoms with E-state index < -0.39 is 23.4 Å². The molecular formula is C45H31Cl2N3O9. The number of carbonyl (C=O) groups excluding carboxylic acids is 1. The average Bonchev–Trinajstić information content (AvgIpc) is 3.19. The van der Waals surface area contributed by atoms with Gasteiger partial charge in [-0.15, -0.1) is 0 Å². The van der Waals surface area contributed by atoms with E-state index in [1.165, 1.54) is 42.5 Å². The third-order valence-corrected chi connectivity index (χ3v) is 10.8. The Morgan fingerprint density at radius 1 is 0.712 bits per heavy atom. The monoisotopic (exact) mass is 827 g/mol. The Morgan fingerprint density at radius 3 is 2.10 bits per heavy atom.